The SMILES string of the molecule is CC(O)(CC1CCCCN1)c1cccc(Cl)c1Cl. The number of halogens is 2. The highest BCUT2D eigenvalue weighted by Crippen LogP contribution is 2.36. The van der Waals surface area contributed by atoms with Gasteiger partial charge in [0.05, 0.1) is 15.6 Å². The zero-order valence-electron chi connectivity index (χ0n) is 10.5. The Bertz CT molecular complexity index is 414. The summed E-state index contributed by atoms with van der Waals surface area (Å²) in [6.07, 6.45) is 4.20. The lowest BCUT2D eigenvalue weighted by molar-refractivity contribution is 0.0333. The van der Waals surface area contributed by atoms with Crippen LogP contribution in [0.4, 0.5) is 0 Å². The van der Waals surface area contributed by atoms with E-state index in [4.69, 9.17) is 23.2 Å². The van der Waals surface area contributed by atoms with Crippen LogP contribution in [0.1, 0.15) is 38.2 Å². The quantitative estimate of drug-likeness (QED) is 0.888. The third-order valence-corrected chi connectivity index (χ3v) is 4.41. The maximum atomic E-state index is 10.7. The Kier molecular flexibility index (Phi) is 4.54. The van der Waals surface area contributed by atoms with Gasteiger partial charge in [-0.2, -0.15) is 0 Å². The van der Waals surface area contributed by atoms with Gasteiger partial charge in [0.2, 0.25) is 0 Å². The van der Waals surface area contributed by atoms with Crippen molar-refractivity contribution in [3.8, 4) is 0 Å². The van der Waals surface area contributed by atoms with Crippen LogP contribution < -0.4 is 5.32 Å². The molecule has 0 bridgehead atoms. The summed E-state index contributed by atoms with van der Waals surface area (Å²) >= 11 is 12.2. The molecule has 0 amide bonds. The molecule has 18 heavy (non-hydrogen) atoms. The van der Waals surface area contributed by atoms with E-state index in [1.54, 1.807) is 13.0 Å². The Morgan fingerprint density at radius 1 is 1.39 bits per heavy atom. The van der Waals surface area contributed by atoms with E-state index in [1.807, 2.05) is 12.1 Å². The van der Waals surface area contributed by atoms with Gasteiger partial charge in [-0.25, -0.2) is 0 Å². The van der Waals surface area contributed by atoms with Crippen LogP contribution in [-0.4, -0.2) is 17.7 Å². The Morgan fingerprint density at radius 2 is 2.17 bits per heavy atom. The van der Waals surface area contributed by atoms with E-state index in [2.05, 4.69) is 5.32 Å². The third-order valence-electron chi connectivity index (χ3n) is 3.59. The van der Waals surface area contributed by atoms with Crippen LogP contribution in [0.3, 0.4) is 0 Å². The first kappa shape index (κ1) is 14.1. The molecule has 2 N–H and O–H groups in total. The van der Waals surface area contributed by atoms with Gasteiger partial charge in [0, 0.05) is 11.6 Å². The first-order chi connectivity index (χ1) is 8.50. The fourth-order valence-electron chi connectivity index (χ4n) is 2.61. The van der Waals surface area contributed by atoms with Crippen LogP contribution in [0.5, 0.6) is 0 Å². The molecular formula is C14H19Cl2NO. The molecule has 100 valence electrons. The summed E-state index contributed by atoms with van der Waals surface area (Å²) in [4.78, 5) is 0. The normalized spacial score (nSPS) is 23.7. The summed E-state index contributed by atoms with van der Waals surface area (Å²) in [5.41, 5.74) is -0.235. The predicted molar refractivity (Wildman–Crippen MR) is 76.3 cm³/mol. The van der Waals surface area contributed by atoms with Gasteiger partial charge in [0.25, 0.3) is 0 Å². The van der Waals surface area contributed by atoms with E-state index in [1.165, 1.54) is 12.8 Å². The number of piperidine rings is 1. The van der Waals surface area contributed by atoms with Gasteiger partial charge in [-0.05, 0) is 38.8 Å². The van der Waals surface area contributed by atoms with Crippen LogP contribution in [0, 0.1) is 0 Å². The molecule has 0 saturated carbocycles. The van der Waals surface area contributed by atoms with Gasteiger partial charge >= 0.3 is 0 Å². The van der Waals surface area contributed by atoms with Crippen LogP contribution in [0.15, 0.2) is 18.2 Å². The molecule has 0 radical (unpaired) electrons. The molecule has 2 rings (SSSR count). The molecule has 2 unspecified atom stereocenters. The van der Waals surface area contributed by atoms with E-state index in [-0.39, 0.29) is 0 Å². The maximum Gasteiger partial charge on any atom is 0.0898 e. The summed E-state index contributed by atoms with van der Waals surface area (Å²) < 4.78 is 0. The minimum Gasteiger partial charge on any atom is -0.385 e. The zero-order valence-corrected chi connectivity index (χ0v) is 12.1. The molecule has 0 aromatic heterocycles. The van der Waals surface area contributed by atoms with E-state index in [0.717, 1.165) is 13.0 Å². The van der Waals surface area contributed by atoms with Crippen LogP contribution in [-0.2, 0) is 5.60 Å². The molecule has 1 heterocycles. The second kappa shape index (κ2) is 5.79. The molecule has 0 spiro atoms. The summed E-state index contributed by atoms with van der Waals surface area (Å²) in [5, 5.41) is 15.1. The van der Waals surface area contributed by atoms with Crippen molar-refractivity contribution in [3.63, 3.8) is 0 Å². The summed E-state index contributed by atoms with van der Waals surface area (Å²) in [6, 6.07) is 5.76. The Balaban J connectivity index is 2.16. The molecule has 2 atom stereocenters. The lowest BCUT2D eigenvalue weighted by Gasteiger charge is -2.32. The Labute approximate surface area is 118 Å². The first-order valence-corrected chi connectivity index (χ1v) is 7.16. The van der Waals surface area contributed by atoms with E-state index in [0.29, 0.717) is 28.1 Å². The van der Waals surface area contributed by atoms with Gasteiger partial charge in [-0.3, -0.25) is 0 Å². The smallest absolute Gasteiger partial charge is 0.0898 e. The van der Waals surface area contributed by atoms with Crippen LogP contribution in [0.2, 0.25) is 10.0 Å². The zero-order chi connectivity index (χ0) is 13.2. The molecule has 2 nitrogen and oxygen atoms in total. The monoisotopic (exact) mass is 287 g/mol. The number of nitrogens with one attached hydrogen (secondary N) is 1. The van der Waals surface area contributed by atoms with Gasteiger partial charge < -0.3 is 10.4 Å². The largest absolute Gasteiger partial charge is 0.385 e. The van der Waals surface area contributed by atoms with E-state index >= 15 is 0 Å². The number of aliphatic hydroxyl groups is 1. The molecule has 1 fully saturated rings. The molecular weight excluding hydrogens is 269 g/mol. The lowest BCUT2D eigenvalue weighted by Crippen LogP contribution is -2.39. The van der Waals surface area contributed by atoms with Gasteiger partial charge in [0.15, 0.2) is 0 Å². The van der Waals surface area contributed by atoms with Crippen LogP contribution in [0.25, 0.3) is 0 Å². The average molecular weight is 288 g/mol. The molecule has 1 aromatic carbocycles. The van der Waals surface area contributed by atoms with Crippen molar-refractivity contribution in [3.05, 3.63) is 33.8 Å². The Morgan fingerprint density at radius 3 is 2.83 bits per heavy atom. The van der Waals surface area contributed by atoms with Crippen LogP contribution >= 0.6 is 23.2 Å². The summed E-state index contributed by atoms with van der Waals surface area (Å²) in [6.45, 7) is 2.84. The topological polar surface area (TPSA) is 32.3 Å². The average Bonchev–Trinajstić information content (AvgIpc) is 2.33. The summed E-state index contributed by atoms with van der Waals surface area (Å²) in [7, 11) is 0. The number of hydrogen-bond donors (Lipinski definition) is 2. The maximum absolute atomic E-state index is 10.7. The minimum atomic E-state index is -0.947. The molecule has 4 heteroatoms. The highest BCUT2D eigenvalue weighted by atomic mass is 35.5. The highest BCUT2D eigenvalue weighted by molar-refractivity contribution is 6.42. The van der Waals surface area contributed by atoms with E-state index in [9.17, 15) is 5.11 Å². The predicted octanol–water partition coefficient (Wildman–Crippen LogP) is 3.73. The van der Waals surface area contributed by atoms with Gasteiger partial charge in [-0.1, -0.05) is 41.8 Å². The minimum absolute atomic E-state index is 0.351. The standard InChI is InChI=1S/C14H19Cl2NO/c1-14(18,9-10-5-2-3-8-17-10)11-6-4-7-12(15)13(11)16/h4,6-7,10,17-18H,2-3,5,8-9H2,1H3. The third kappa shape index (κ3) is 3.18. The number of rotatable bonds is 3. The van der Waals surface area contributed by atoms with Crippen molar-refractivity contribution < 1.29 is 5.11 Å². The molecule has 0 aliphatic carbocycles. The highest BCUT2D eigenvalue weighted by Gasteiger charge is 2.30. The molecule has 1 saturated heterocycles. The van der Waals surface area contributed by atoms with Crippen molar-refractivity contribution in [2.75, 3.05) is 6.54 Å². The molecule has 1 aliphatic rings. The van der Waals surface area contributed by atoms with Crippen molar-refractivity contribution in [1.82, 2.24) is 5.32 Å². The fourth-order valence-corrected chi connectivity index (χ4v) is 3.11. The summed E-state index contributed by atoms with van der Waals surface area (Å²) in [5.74, 6) is 0. The Hall–Kier alpha value is -0.280. The number of benzene rings is 1. The van der Waals surface area contributed by atoms with E-state index < -0.39 is 5.60 Å². The lowest BCUT2D eigenvalue weighted by atomic mass is 9.86. The second-order valence-electron chi connectivity index (χ2n) is 5.23. The van der Waals surface area contributed by atoms with Crippen molar-refractivity contribution >= 4 is 23.2 Å². The first-order valence-electron chi connectivity index (χ1n) is 6.41. The van der Waals surface area contributed by atoms with Crippen molar-refractivity contribution in [2.45, 2.75) is 44.2 Å². The fraction of sp³-hybridized carbons (Fsp3) is 0.571. The van der Waals surface area contributed by atoms with Crippen molar-refractivity contribution in [1.29, 1.82) is 0 Å². The molecule has 1 aromatic rings. The second-order valence-corrected chi connectivity index (χ2v) is 6.01. The van der Waals surface area contributed by atoms with Crippen molar-refractivity contribution in [2.24, 2.45) is 0 Å². The molecule has 1 aliphatic heterocycles. The van der Waals surface area contributed by atoms with Gasteiger partial charge in [0.1, 0.15) is 0 Å². The number of hydrogen-bond acceptors (Lipinski definition) is 2. The van der Waals surface area contributed by atoms with Gasteiger partial charge in [-0.15, -0.1) is 0 Å².